The largest absolute Gasteiger partial charge is 0.321 e. The molecular weight excluding hydrogens is 462 g/mol. The van der Waals surface area contributed by atoms with Crippen molar-refractivity contribution in [1.29, 1.82) is 0 Å². The van der Waals surface area contributed by atoms with E-state index in [-0.39, 0.29) is 11.2 Å². The predicted molar refractivity (Wildman–Crippen MR) is 136 cm³/mol. The van der Waals surface area contributed by atoms with Gasteiger partial charge < -0.3 is 4.98 Å². The van der Waals surface area contributed by atoms with Crippen molar-refractivity contribution >= 4 is 28.4 Å². The fraction of sp³-hybridized carbons (Fsp3) is 0.0385. The van der Waals surface area contributed by atoms with Crippen LogP contribution in [-0.4, -0.2) is 24.7 Å². The minimum Gasteiger partial charge on any atom is -0.321 e. The molecular formula is C26H19N5O3S. The number of hydrogen-bond donors (Lipinski definition) is 1. The summed E-state index contributed by atoms with van der Waals surface area (Å²) in [7, 11) is 0. The molecule has 0 fully saturated rings. The summed E-state index contributed by atoms with van der Waals surface area (Å²) in [5.41, 5.74) is 2.40. The number of non-ortho nitro benzene ring substituents is 1. The number of nitrogens with one attached hydrogen (secondary N) is 1. The Balaban J connectivity index is 1.74. The van der Waals surface area contributed by atoms with Gasteiger partial charge in [0.1, 0.15) is 0 Å². The van der Waals surface area contributed by atoms with Crippen molar-refractivity contribution < 1.29 is 4.92 Å². The van der Waals surface area contributed by atoms with Gasteiger partial charge in [0, 0.05) is 40.7 Å². The molecule has 5 rings (SSSR count). The second kappa shape index (κ2) is 9.40. The van der Waals surface area contributed by atoms with Crippen molar-refractivity contribution in [2.75, 3.05) is 0 Å². The molecule has 0 saturated carbocycles. The van der Waals surface area contributed by atoms with Gasteiger partial charge in [-0.05, 0) is 23.4 Å². The van der Waals surface area contributed by atoms with Gasteiger partial charge in [0.05, 0.1) is 9.82 Å². The van der Waals surface area contributed by atoms with E-state index in [1.54, 1.807) is 12.1 Å². The van der Waals surface area contributed by atoms with E-state index in [2.05, 4.69) is 21.8 Å². The van der Waals surface area contributed by atoms with Crippen LogP contribution in [0.25, 0.3) is 33.4 Å². The molecule has 9 heteroatoms. The number of benzene rings is 3. The highest BCUT2D eigenvalue weighted by Crippen LogP contribution is 2.39. The molecule has 0 spiro atoms. The van der Waals surface area contributed by atoms with E-state index in [0.29, 0.717) is 38.9 Å². The fourth-order valence-electron chi connectivity index (χ4n) is 3.92. The summed E-state index contributed by atoms with van der Waals surface area (Å²) in [6.45, 7) is 4.29. The van der Waals surface area contributed by atoms with Crippen molar-refractivity contribution in [2.24, 2.45) is 0 Å². The summed E-state index contributed by atoms with van der Waals surface area (Å²) < 4.78 is 1.89. The molecule has 0 amide bonds. The molecule has 35 heavy (non-hydrogen) atoms. The Labute approximate surface area is 204 Å². The lowest BCUT2D eigenvalue weighted by atomic mass is 10.0. The zero-order valence-corrected chi connectivity index (χ0v) is 19.2. The van der Waals surface area contributed by atoms with Gasteiger partial charge in [-0.2, -0.15) is 0 Å². The van der Waals surface area contributed by atoms with Crippen LogP contribution < -0.4 is 5.56 Å². The number of aromatic amines is 1. The normalized spacial score (nSPS) is 11.0. The van der Waals surface area contributed by atoms with Crippen molar-refractivity contribution in [2.45, 2.75) is 16.6 Å². The van der Waals surface area contributed by atoms with E-state index < -0.39 is 4.92 Å². The van der Waals surface area contributed by atoms with E-state index in [9.17, 15) is 14.9 Å². The highest BCUT2D eigenvalue weighted by molar-refractivity contribution is 7.99. The van der Waals surface area contributed by atoms with Crippen LogP contribution in [-0.2, 0) is 6.54 Å². The first-order valence-electron chi connectivity index (χ1n) is 10.7. The smallest absolute Gasteiger partial charge is 0.270 e. The van der Waals surface area contributed by atoms with Crippen LogP contribution in [0.15, 0.2) is 106 Å². The molecule has 5 aromatic rings. The summed E-state index contributed by atoms with van der Waals surface area (Å²) >= 11 is 1.17. The molecule has 172 valence electrons. The molecule has 2 heterocycles. The zero-order chi connectivity index (χ0) is 24.4. The SMILES string of the molecule is C=CCn1c(Sc2c(-c3ccccc3)c3cc([N+](=O)[O-])ccc3[nH]c2=O)nnc1-c1ccccc1. The average molecular weight is 482 g/mol. The minimum atomic E-state index is -0.445. The van der Waals surface area contributed by atoms with Crippen LogP contribution in [0.5, 0.6) is 0 Å². The van der Waals surface area contributed by atoms with Crippen LogP contribution in [0.2, 0.25) is 0 Å². The van der Waals surface area contributed by atoms with Crippen LogP contribution in [0.4, 0.5) is 5.69 Å². The maximum Gasteiger partial charge on any atom is 0.270 e. The molecule has 8 nitrogen and oxygen atoms in total. The number of H-pyrrole nitrogens is 1. The van der Waals surface area contributed by atoms with E-state index in [1.807, 2.05) is 65.2 Å². The molecule has 0 atom stereocenters. The molecule has 1 N–H and O–H groups in total. The molecule has 0 aliphatic carbocycles. The van der Waals surface area contributed by atoms with Gasteiger partial charge in [0.15, 0.2) is 11.0 Å². The Morgan fingerprint density at radius 3 is 2.34 bits per heavy atom. The molecule has 0 aliphatic rings. The number of nitro groups is 1. The van der Waals surface area contributed by atoms with Gasteiger partial charge >= 0.3 is 0 Å². The fourth-order valence-corrected chi connectivity index (χ4v) is 4.92. The summed E-state index contributed by atoms with van der Waals surface area (Å²) in [6.07, 6.45) is 1.74. The second-order valence-electron chi connectivity index (χ2n) is 7.68. The average Bonchev–Trinajstić information content (AvgIpc) is 3.27. The zero-order valence-electron chi connectivity index (χ0n) is 18.4. The molecule has 2 aromatic heterocycles. The Hall–Kier alpha value is -4.50. The molecule has 0 aliphatic heterocycles. The summed E-state index contributed by atoms with van der Waals surface area (Å²) in [5.74, 6) is 0.655. The number of pyridine rings is 1. The molecule has 0 bridgehead atoms. The van der Waals surface area contributed by atoms with Gasteiger partial charge in [-0.25, -0.2) is 0 Å². The quantitative estimate of drug-likeness (QED) is 0.182. The van der Waals surface area contributed by atoms with Crippen LogP contribution in [0.3, 0.4) is 0 Å². The first-order valence-corrected chi connectivity index (χ1v) is 11.6. The van der Waals surface area contributed by atoms with Crippen LogP contribution in [0, 0.1) is 10.1 Å². The standard InChI is InChI=1S/C26H19N5O3S/c1-2-15-30-24(18-11-7-4-8-12-18)28-29-26(30)35-23-22(17-9-5-3-6-10-17)20-16-19(31(33)34)13-14-21(20)27-25(23)32/h2-14,16H,1,15H2,(H,27,32). The molecule has 3 aromatic carbocycles. The van der Waals surface area contributed by atoms with Crippen molar-refractivity contribution in [1.82, 2.24) is 19.7 Å². The number of fused-ring (bicyclic) bond motifs is 1. The third-order valence-corrected chi connectivity index (χ3v) is 6.56. The first-order chi connectivity index (χ1) is 17.1. The monoisotopic (exact) mass is 481 g/mol. The highest BCUT2D eigenvalue weighted by atomic mass is 32.2. The number of hydrogen-bond acceptors (Lipinski definition) is 6. The van der Waals surface area contributed by atoms with E-state index >= 15 is 0 Å². The Bertz CT molecular complexity index is 1610. The van der Waals surface area contributed by atoms with Gasteiger partial charge in [-0.1, -0.05) is 66.7 Å². The Morgan fingerprint density at radius 1 is 1.00 bits per heavy atom. The minimum absolute atomic E-state index is 0.0566. The topological polar surface area (TPSA) is 107 Å². The van der Waals surface area contributed by atoms with Gasteiger partial charge in [0.2, 0.25) is 0 Å². The second-order valence-corrected chi connectivity index (χ2v) is 8.66. The Kier molecular flexibility index (Phi) is 5.99. The summed E-state index contributed by atoms with van der Waals surface area (Å²) in [4.78, 5) is 27.6. The lowest BCUT2D eigenvalue weighted by Crippen LogP contribution is -2.11. The molecule has 0 unspecified atom stereocenters. The maximum atomic E-state index is 13.3. The van der Waals surface area contributed by atoms with Crippen LogP contribution in [0.1, 0.15) is 0 Å². The van der Waals surface area contributed by atoms with Crippen LogP contribution >= 0.6 is 11.8 Å². The van der Waals surface area contributed by atoms with Crippen molar-refractivity contribution in [3.63, 3.8) is 0 Å². The predicted octanol–water partition coefficient (Wildman–Crippen LogP) is 5.70. The van der Waals surface area contributed by atoms with Gasteiger partial charge in [-0.15, -0.1) is 16.8 Å². The number of rotatable bonds is 7. The maximum absolute atomic E-state index is 13.3. The number of nitrogens with zero attached hydrogens (tertiary/aromatic N) is 4. The van der Waals surface area contributed by atoms with Crippen molar-refractivity contribution in [3.05, 3.63) is 112 Å². The third-order valence-electron chi connectivity index (χ3n) is 5.48. The molecule has 0 radical (unpaired) electrons. The first kappa shape index (κ1) is 22.3. The third kappa shape index (κ3) is 4.24. The summed E-state index contributed by atoms with van der Waals surface area (Å²) in [6, 6.07) is 23.4. The number of aromatic nitrogens is 4. The highest BCUT2D eigenvalue weighted by Gasteiger charge is 2.22. The summed E-state index contributed by atoms with van der Waals surface area (Å²) in [5, 5.41) is 21.3. The Morgan fingerprint density at radius 2 is 1.69 bits per heavy atom. The van der Waals surface area contributed by atoms with E-state index in [0.717, 1.165) is 11.1 Å². The van der Waals surface area contributed by atoms with E-state index in [4.69, 9.17) is 0 Å². The number of nitro benzene ring substituents is 1. The van der Waals surface area contributed by atoms with E-state index in [1.165, 1.54) is 23.9 Å². The number of allylic oxidation sites excluding steroid dienone is 1. The van der Waals surface area contributed by atoms with Crippen molar-refractivity contribution in [3.8, 4) is 22.5 Å². The lowest BCUT2D eigenvalue weighted by Gasteiger charge is -2.13. The van der Waals surface area contributed by atoms with Gasteiger partial charge in [0.25, 0.3) is 11.2 Å². The molecule has 0 saturated heterocycles. The van der Waals surface area contributed by atoms with Gasteiger partial charge in [-0.3, -0.25) is 19.5 Å². The lowest BCUT2D eigenvalue weighted by molar-refractivity contribution is -0.384.